The van der Waals surface area contributed by atoms with E-state index in [2.05, 4.69) is 27.8 Å². The van der Waals surface area contributed by atoms with Gasteiger partial charge in [-0.2, -0.15) is 0 Å². The molecule has 33 heavy (non-hydrogen) atoms. The van der Waals surface area contributed by atoms with Crippen LogP contribution in [0.15, 0.2) is 0 Å². The first kappa shape index (κ1) is 30.0. The Balaban J connectivity index is -0.00000363. The minimum Gasteiger partial charge on any atom is -0.369 e. The summed E-state index contributed by atoms with van der Waals surface area (Å²) in [5.74, 6) is 5.89. The lowest BCUT2D eigenvalue weighted by molar-refractivity contribution is -0.127. The van der Waals surface area contributed by atoms with E-state index in [-0.39, 0.29) is 40.2 Å². The summed E-state index contributed by atoms with van der Waals surface area (Å²) in [5, 5.41) is 8.62. The molecule has 1 aliphatic heterocycles. The van der Waals surface area contributed by atoms with Gasteiger partial charge in [-0.1, -0.05) is 54.2 Å². The first-order valence-corrected chi connectivity index (χ1v) is 13.7. The summed E-state index contributed by atoms with van der Waals surface area (Å²) in [5.41, 5.74) is 0.173. The van der Waals surface area contributed by atoms with Crippen LogP contribution >= 0.6 is 21.6 Å². The van der Waals surface area contributed by atoms with Crippen molar-refractivity contribution >= 4 is 33.4 Å². The van der Waals surface area contributed by atoms with Crippen molar-refractivity contribution in [2.24, 2.45) is 5.92 Å². The average Bonchev–Trinajstić information content (AvgIpc) is 2.80. The lowest BCUT2D eigenvalue weighted by Gasteiger charge is -2.27. The minimum absolute atomic E-state index is 0. The Morgan fingerprint density at radius 2 is 1.52 bits per heavy atom. The van der Waals surface area contributed by atoms with Crippen molar-refractivity contribution in [3.05, 3.63) is 0 Å². The monoisotopic (exact) mass is 511 g/mol. The lowest BCUT2D eigenvalue weighted by Crippen LogP contribution is -2.34. The summed E-state index contributed by atoms with van der Waals surface area (Å²) in [7, 11) is 3.28. The highest BCUT2D eigenvalue weighted by Gasteiger charge is 2.23. The van der Waals surface area contributed by atoms with Gasteiger partial charge in [0.1, 0.15) is 24.1 Å². The number of hydrogen-bond acceptors (Lipinski definition) is 9. The maximum Gasteiger partial charge on any atom is 0.246 e. The molecule has 0 saturated carbocycles. The van der Waals surface area contributed by atoms with E-state index >= 15 is 0 Å². The molecule has 0 spiro atoms. The fraction of sp³-hybridized carbons (Fsp3) is 0.818. The molecule has 0 aromatic heterocycles. The molecule has 2 unspecified atom stereocenters. The molecule has 9 nitrogen and oxygen atoms in total. The molecule has 11 heteroatoms. The van der Waals surface area contributed by atoms with E-state index in [1.54, 1.807) is 21.6 Å². The number of likely N-dealkylation sites (N-methyl/N-ethyl adjacent to an activating group) is 1. The zero-order chi connectivity index (χ0) is 24.2. The molecule has 0 aliphatic carbocycles. The van der Waals surface area contributed by atoms with Gasteiger partial charge in [-0.3, -0.25) is 9.59 Å². The highest BCUT2D eigenvalue weighted by molar-refractivity contribution is 8.77. The Hall–Kier alpha value is -1.00. The standard InChI is InChI=1S/C22H39N3O6S2.3H2/c1-4-23-10-11-25-20(27)17-29-13-15-31-22-8-7-21(32-33-22)30-14-12-28-16-19(26)24-9-5-6-18(2)3;;;/h18,21-23H,4,7-17H2,1-3H3,(H,24,26)(H,25,27);3*1H. The smallest absolute Gasteiger partial charge is 0.246 e. The van der Waals surface area contributed by atoms with Crippen molar-refractivity contribution in [2.75, 3.05) is 65.8 Å². The van der Waals surface area contributed by atoms with Crippen molar-refractivity contribution in [2.45, 2.75) is 44.5 Å². The molecule has 1 heterocycles. The molecule has 1 fully saturated rings. The van der Waals surface area contributed by atoms with Gasteiger partial charge >= 0.3 is 0 Å². The molecule has 0 bridgehead atoms. The third kappa shape index (κ3) is 18.1. The molecular formula is C22H45N3O6S2. The second-order valence-corrected chi connectivity index (χ2v) is 10.0. The lowest BCUT2D eigenvalue weighted by atomic mass is 10.2. The quantitative estimate of drug-likeness (QED) is 0.154. The fourth-order valence-corrected chi connectivity index (χ4v) is 5.16. The van der Waals surface area contributed by atoms with Crippen LogP contribution in [0.5, 0.6) is 0 Å². The zero-order valence-electron chi connectivity index (χ0n) is 20.0. The van der Waals surface area contributed by atoms with Gasteiger partial charge in [0.2, 0.25) is 11.8 Å². The Labute approximate surface area is 210 Å². The van der Waals surface area contributed by atoms with Crippen LogP contribution in [-0.4, -0.2) is 88.5 Å². The Morgan fingerprint density at radius 1 is 0.939 bits per heavy atom. The number of hydrogen-bond donors (Lipinski definition) is 3. The third-order valence-corrected chi connectivity index (χ3v) is 6.98. The fourth-order valence-electron chi connectivity index (χ4n) is 2.49. The van der Waals surface area contributed by atoms with E-state index in [1.165, 1.54) is 0 Å². The Kier molecular flexibility index (Phi) is 18.5. The van der Waals surface area contributed by atoms with Crippen LogP contribution in [0.1, 0.15) is 37.9 Å². The third-order valence-electron chi connectivity index (χ3n) is 4.08. The molecule has 0 radical (unpaired) electrons. The summed E-state index contributed by atoms with van der Waals surface area (Å²) in [6.07, 6.45) is 1.76. The molecule has 1 aliphatic rings. The predicted octanol–water partition coefficient (Wildman–Crippen LogP) is 2.12. The summed E-state index contributed by atoms with van der Waals surface area (Å²) in [6.45, 7) is 10.3. The molecule has 1 saturated heterocycles. The molecule has 2 amide bonds. The second kappa shape index (κ2) is 20.4. The van der Waals surface area contributed by atoms with Crippen molar-refractivity contribution in [1.82, 2.24) is 16.0 Å². The van der Waals surface area contributed by atoms with Gasteiger partial charge in [-0.25, -0.2) is 0 Å². The van der Waals surface area contributed by atoms with Crippen molar-refractivity contribution < 1.29 is 32.8 Å². The second-order valence-electron chi connectivity index (χ2n) is 7.43. The number of carbonyl (C=O) groups excluding carboxylic acids is 2. The molecule has 3 N–H and O–H groups in total. The van der Waals surface area contributed by atoms with Gasteiger partial charge in [0.05, 0.1) is 33.0 Å². The van der Waals surface area contributed by atoms with Gasteiger partial charge in [-0.15, -0.1) is 0 Å². The normalized spacial score (nSPS) is 17.9. The number of amides is 2. The van der Waals surface area contributed by atoms with Crippen LogP contribution in [-0.2, 0) is 28.5 Å². The van der Waals surface area contributed by atoms with E-state index in [0.717, 1.165) is 25.9 Å². The van der Waals surface area contributed by atoms with Crippen LogP contribution in [0, 0.1) is 17.8 Å². The van der Waals surface area contributed by atoms with Gasteiger partial charge in [0.15, 0.2) is 0 Å². The van der Waals surface area contributed by atoms with E-state index in [9.17, 15) is 9.59 Å². The Bertz CT molecular complexity index is 607. The van der Waals surface area contributed by atoms with E-state index < -0.39 is 0 Å². The molecule has 1 rings (SSSR count). The molecule has 0 aromatic rings. The van der Waals surface area contributed by atoms with Gasteiger partial charge in [-0.05, 0) is 19.4 Å². The van der Waals surface area contributed by atoms with E-state index in [1.807, 2.05) is 20.8 Å². The first-order valence-electron chi connectivity index (χ1n) is 11.4. The number of carbonyl (C=O) groups is 2. The van der Waals surface area contributed by atoms with E-state index in [4.69, 9.17) is 18.9 Å². The van der Waals surface area contributed by atoms with Crippen LogP contribution < -0.4 is 16.0 Å². The number of rotatable bonds is 17. The van der Waals surface area contributed by atoms with Gasteiger partial charge < -0.3 is 34.9 Å². The van der Waals surface area contributed by atoms with Gasteiger partial charge in [0.25, 0.3) is 0 Å². The number of ether oxygens (including phenoxy) is 4. The predicted molar refractivity (Wildman–Crippen MR) is 139 cm³/mol. The molecular weight excluding hydrogens is 466 g/mol. The molecule has 196 valence electrons. The average molecular weight is 512 g/mol. The minimum atomic E-state index is -0.176. The maximum absolute atomic E-state index is 11.6. The van der Waals surface area contributed by atoms with Crippen LogP contribution in [0.4, 0.5) is 0 Å². The summed E-state index contributed by atoms with van der Waals surface area (Å²) < 4.78 is 22.3. The highest BCUT2D eigenvalue weighted by atomic mass is 33.1. The SMILES string of the molecule is CCNCCNC(=O)COCCOC1CCC(OCCOCC(=O)NCC#CC(C)C)SS1.[HH].[HH].[HH]. The number of nitrogens with one attached hydrogen (secondary N) is 3. The van der Waals surface area contributed by atoms with Crippen LogP contribution in [0.3, 0.4) is 0 Å². The summed E-state index contributed by atoms with van der Waals surface area (Å²) in [4.78, 5) is 23.2. The molecule has 2 atom stereocenters. The summed E-state index contributed by atoms with van der Waals surface area (Å²) >= 11 is 0. The first-order chi connectivity index (χ1) is 16.0. The topological polar surface area (TPSA) is 107 Å². The zero-order valence-corrected chi connectivity index (χ0v) is 21.6. The van der Waals surface area contributed by atoms with Crippen molar-refractivity contribution in [1.29, 1.82) is 0 Å². The van der Waals surface area contributed by atoms with Gasteiger partial charge in [0, 0.05) is 23.3 Å². The van der Waals surface area contributed by atoms with Crippen molar-refractivity contribution in [3.63, 3.8) is 0 Å². The molecule has 0 aromatic carbocycles. The maximum atomic E-state index is 11.6. The largest absolute Gasteiger partial charge is 0.369 e. The Morgan fingerprint density at radius 3 is 2.03 bits per heavy atom. The van der Waals surface area contributed by atoms with Crippen LogP contribution in [0.25, 0.3) is 0 Å². The van der Waals surface area contributed by atoms with E-state index in [0.29, 0.717) is 45.4 Å². The summed E-state index contributed by atoms with van der Waals surface area (Å²) in [6, 6.07) is 0. The van der Waals surface area contributed by atoms with Crippen LogP contribution in [0.2, 0.25) is 0 Å². The highest BCUT2D eigenvalue weighted by Crippen LogP contribution is 2.41. The van der Waals surface area contributed by atoms with Crippen molar-refractivity contribution in [3.8, 4) is 11.8 Å².